The largest absolute Gasteiger partial charge is 0.465 e. The summed E-state index contributed by atoms with van der Waals surface area (Å²) >= 11 is 1.14. The summed E-state index contributed by atoms with van der Waals surface area (Å²) < 4.78 is 32.0. The van der Waals surface area contributed by atoms with Crippen molar-refractivity contribution in [3.8, 4) is 0 Å². The maximum Gasteiger partial charge on any atom is 0.350 e. The highest BCUT2D eigenvalue weighted by Crippen LogP contribution is 2.35. The number of anilines is 1. The zero-order valence-corrected chi connectivity index (χ0v) is 15.9. The van der Waals surface area contributed by atoms with Gasteiger partial charge in [0, 0.05) is 4.88 Å². The van der Waals surface area contributed by atoms with Gasteiger partial charge < -0.3 is 10.1 Å². The molecule has 3 amide bonds. The Hall–Kier alpha value is -2.81. The first-order chi connectivity index (χ1) is 12.5. The van der Waals surface area contributed by atoms with Gasteiger partial charge in [0.2, 0.25) is 0 Å². The predicted molar refractivity (Wildman–Crippen MR) is 97.2 cm³/mol. The van der Waals surface area contributed by atoms with Crippen LogP contribution in [0.25, 0.3) is 0 Å². The van der Waals surface area contributed by atoms with Gasteiger partial charge >= 0.3 is 12.0 Å². The summed E-state index contributed by atoms with van der Waals surface area (Å²) in [4.78, 5) is 37.0. The molecule has 1 heterocycles. The Bertz CT molecular complexity index is 883. The van der Waals surface area contributed by atoms with Crippen LogP contribution in [-0.4, -0.2) is 25.0 Å². The van der Waals surface area contributed by atoms with E-state index < -0.39 is 35.1 Å². The first kappa shape index (κ1) is 20.5. The number of esters is 1. The van der Waals surface area contributed by atoms with Gasteiger partial charge in [-0.05, 0) is 23.6 Å². The van der Waals surface area contributed by atoms with E-state index >= 15 is 0 Å². The van der Waals surface area contributed by atoms with Crippen molar-refractivity contribution in [2.75, 3.05) is 12.4 Å². The zero-order chi connectivity index (χ0) is 20.4. The van der Waals surface area contributed by atoms with E-state index in [0.29, 0.717) is 0 Å². The number of carbonyl (C=O) groups excluding carboxylic acids is 3. The second-order valence-electron chi connectivity index (χ2n) is 6.60. The maximum absolute atomic E-state index is 13.6. The van der Waals surface area contributed by atoms with Crippen LogP contribution in [0.15, 0.2) is 24.3 Å². The van der Waals surface area contributed by atoms with Crippen LogP contribution in [-0.2, 0) is 10.2 Å². The van der Waals surface area contributed by atoms with Gasteiger partial charge in [0.1, 0.15) is 22.1 Å². The molecule has 27 heavy (non-hydrogen) atoms. The third-order valence-electron chi connectivity index (χ3n) is 3.51. The molecule has 0 spiro atoms. The van der Waals surface area contributed by atoms with Gasteiger partial charge in [-0.3, -0.25) is 10.1 Å². The van der Waals surface area contributed by atoms with E-state index in [-0.39, 0.29) is 16.0 Å². The van der Waals surface area contributed by atoms with Gasteiger partial charge in [-0.2, -0.15) is 0 Å². The van der Waals surface area contributed by atoms with Crippen LogP contribution in [0.3, 0.4) is 0 Å². The number of hydrogen-bond donors (Lipinski definition) is 2. The third kappa shape index (κ3) is 4.68. The van der Waals surface area contributed by atoms with Crippen molar-refractivity contribution in [2.45, 2.75) is 26.2 Å². The lowest BCUT2D eigenvalue weighted by molar-refractivity contribution is 0.0607. The van der Waals surface area contributed by atoms with Crippen LogP contribution >= 0.6 is 11.3 Å². The van der Waals surface area contributed by atoms with Gasteiger partial charge in [-0.25, -0.2) is 18.4 Å². The molecule has 0 bridgehead atoms. The van der Waals surface area contributed by atoms with Crippen LogP contribution < -0.4 is 10.6 Å². The van der Waals surface area contributed by atoms with Gasteiger partial charge in [0.25, 0.3) is 5.91 Å². The van der Waals surface area contributed by atoms with Crippen molar-refractivity contribution in [3.05, 3.63) is 51.2 Å². The molecule has 0 unspecified atom stereocenters. The van der Waals surface area contributed by atoms with E-state index in [2.05, 4.69) is 5.32 Å². The number of amides is 3. The molecule has 0 aliphatic carbocycles. The number of halogens is 2. The van der Waals surface area contributed by atoms with E-state index in [1.165, 1.54) is 7.11 Å². The molecule has 6 nitrogen and oxygen atoms in total. The molecule has 2 aromatic rings. The minimum absolute atomic E-state index is 0.135. The van der Waals surface area contributed by atoms with E-state index in [1.807, 2.05) is 26.1 Å². The summed E-state index contributed by atoms with van der Waals surface area (Å²) in [5, 5.41) is 4.19. The second-order valence-corrected chi connectivity index (χ2v) is 7.65. The molecule has 144 valence electrons. The molecule has 0 radical (unpaired) electrons. The summed E-state index contributed by atoms with van der Waals surface area (Å²) in [5.74, 6) is -4.09. The number of carbonyl (C=O) groups is 3. The molecule has 0 fully saturated rings. The number of urea groups is 1. The zero-order valence-electron chi connectivity index (χ0n) is 15.1. The van der Waals surface area contributed by atoms with Gasteiger partial charge in [0.15, 0.2) is 0 Å². The fourth-order valence-corrected chi connectivity index (χ4v) is 3.22. The highest BCUT2D eigenvalue weighted by molar-refractivity contribution is 7.14. The number of hydrogen-bond acceptors (Lipinski definition) is 5. The number of nitrogens with one attached hydrogen (secondary N) is 2. The summed E-state index contributed by atoms with van der Waals surface area (Å²) in [7, 11) is 1.20. The van der Waals surface area contributed by atoms with Crippen molar-refractivity contribution in [2.24, 2.45) is 0 Å². The average molecular weight is 396 g/mol. The van der Waals surface area contributed by atoms with E-state index in [4.69, 9.17) is 4.74 Å². The Balaban J connectivity index is 2.24. The quantitative estimate of drug-likeness (QED) is 0.766. The predicted octanol–water partition coefficient (Wildman–Crippen LogP) is 4.07. The van der Waals surface area contributed by atoms with Crippen LogP contribution in [0.2, 0.25) is 0 Å². The molecule has 0 aliphatic heterocycles. The second kappa shape index (κ2) is 7.83. The Morgan fingerprint density at radius 2 is 1.70 bits per heavy atom. The SMILES string of the molecule is COC(=O)c1sc(C(C)(C)C)cc1NC(=O)NC(=O)c1c(F)cccc1F. The summed E-state index contributed by atoms with van der Waals surface area (Å²) in [5.41, 5.74) is -1.03. The fourth-order valence-electron chi connectivity index (χ4n) is 2.13. The van der Waals surface area contributed by atoms with Crippen molar-refractivity contribution in [3.63, 3.8) is 0 Å². The Kier molecular flexibility index (Phi) is 5.94. The molecule has 1 aromatic heterocycles. The molecule has 9 heteroatoms. The fraction of sp³-hybridized carbons (Fsp3) is 0.278. The third-order valence-corrected chi connectivity index (χ3v) is 5.05. The molecule has 0 saturated heterocycles. The average Bonchev–Trinajstić information content (AvgIpc) is 2.97. The van der Waals surface area contributed by atoms with Crippen molar-refractivity contribution >= 4 is 34.9 Å². The molecule has 0 atom stereocenters. The molecule has 1 aromatic carbocycles. The molecule has 0 saturated carbocycles. The molecule has 2 N–H and O–H groups in total. The lowest BCUT2D eigenvalue weighted by atomic mass is 9.94. The number of imide groups is 1. The van der Waals surface area contributed by atoms with E-state index in [1.54, 1.807) is 6.07 Å². The maximum atomic E-state index is 13.6. The first-order valence-electron chi connectivity index (χ1n) is 7.83. The number of thiophene rings is 1. The lowest BCUT2D eigenvalue weighted by Gasteiger charge is -2.15. The Morgan fingerprint density at radius 3 is 2.22 bits per heavy atom. The van der Waals surface area contributed by atoms with Crippen LogP contribution in [0, 0.1) is 11.6 Å². The number of rotatable bonds is 3. The van der Waals surface area contributed by atoms with E-state index in [9.17, 15) is 23.2 Å². The minimum atomic E-state index is -1.24. The summed E-state index contributed by atoms with van der Waals surface area (Å²) in [6, 6.07) is 3.46. The smallest absolute Gasteiger partial charge is 0.350 e. The van der Waals surface area contributed by atoms with Crippen LogP contribution in [0.4, 0.5) is 19.3 Å². The first-order valence-corrected chi connectivity index (χ1v) is 8.65. The molecular formula is C18H18F2N2O4S. The summed E-state index contributed by atoms with van der Waals surface area (Å²) in [6.07, 6.45) is 0. The van der Waals surface area contributed by atoms with E-state index in [0.717, 1.165) is 34.4 Å². The van der Waals surface area contributed by atoms with Crippen LogP contribution in [0.5, 0.6) is 0 Å². The minimum Gasteiger partial charge on any atom is -0.465 e. The number of methoxy groups -OCH3 is 1. The van der Waals surface area contributed by atoms with Gasteiger partial charge in [-0.15, -0.1) is 11.3 Å². The normalized spacial score (nSPS) is 11.0. The topological polar surface area (TPSA) is 84.5 Å². The Labute approximate surface area is 158 Å². The van der Waals surface area contributed by atoms with Crippen molar-refractivity contribution in [1.29, 1.82) is 0 Å². The molecule has 0 aliphatic rings. The lowest BCUT2D eigenvalue weighted by Crippen LogP contribution is -2.35. The molecule has 2 rings (SSSR count). The monoisotopic (exact) mass is 396 g/mol. The van der Waals surface area contributed by atoms with Gasteiger partial charge in [0.05, 0.1) is 12.8 Å². The number of ether oxygens (including phenoxy) is 1. The standard InChI is InChI=1S/C18H18F2N2O4S/c1-18(2,3)12-8-11(14(27-12)16(24)26-4)21-17(25)22-15(23)13-9(19)6-5-7-10(13)20/h5-8H,1-4H3,(H2,21,22,23,25). The highest BCUT2D eigenvalue weighted by Gasteiger charge is 2.25. The summed E-state index contributed by atoms with van der Waals surface area (Å²) in [6.45, 7) is 5.77. The highest BCUT2D eigenvalue weighted by atomic mass is 32.1. The van der Waals surface area contributed by atoms with Crippen molar-refractivity contribution in [1.82, 2.24) is 5.32 Å². The Morgan fingerprint density at radius 1 is 1.11 bits per heavy atom. The van der Waals surface area contributed by atoms with Crippen LogP contribution in [0.1, 0.15) is 45.7 Å². The number of benzene rings is 1. The molecular weight excluding hydrogens is 378 g/mol. The van der Waals surface area contributed by atoms with Gasteiger partial charge in [-0.1, -0.05) is 26.8 Å². The van der Waals surface area contributed by atoms with Crippen molar-refractivity contribution < 1.29 is 27.9 Å².